The summed E-state index contributed by atoms with van der Waals surface area (Å²) in [4.78, 5) is 16.5. The first-order valence-corrected chi connectivity index (χ1v) is 10.4. The number of nitrogens with zero attached hydrogens (tertiary/aromatic N) is 4. The van der Waals surface area contributed by atoms with Gasteiger partial charge in [-0.15, -0.1) is 10.2 Å². The summed E-state index contributed by atoms with van der Waals surface area (Å²) < 4.78 is 13.1. The van der Waals surface area contributed by atoms with Crippen LogP contribution in [0, 0.1) is 0 Å². The minimum atomic E-state index is -0.195. The zero-order valence-corrected chi connectivity index (χ0v) is 17.6. The van der Waals surface area contributed by atoms with Crippen molar-refractivity contribution in [1.29, 1.82) is 0 Å². The minimum Gasteiger partial charge on any atom is -0.494 e. The molecule has 0 aliphatic heterocycles. The lowest BCUT2D eigenvalue weighted by molar-refractivity contribution is 0.102. The van der Waals surface area contributed by atoms with Crippen molar-refractivity contribution in [2.45, 2.75) is 19.8 Å². The van der Waals surface area contributed by atoms with Gasteiger partial charge in [-0.1, -0.05) is 13.3 Å². The number of hydrogen-bond acceptors (Lipinski definition) is 6. The molecule has 0 aliphatic rings. The molecular weight excluding hydrogens is 406 g/mol. The van der Waals surface area contributed by atoms with Crippen LogP contribution < -0.4 is 14.8 Å². The molecule has 8 heteroatoms. The normalized spacial score (nSPS) is 10.5. The second-order valence-electron chi connectivity index (χ2n) is 7.01. The Hall–Kier alpha value is -4.20. The zero-order chi connectivity index (χ0) is 22.2. The van der Waals surface area contributed by atoms with E-state index in [1.165, 1.54) is 0 Å². The Morgan fingerprint density at radius 2 is 1.75 bits per heavy atom. The fraction of sp³-hybridized carbons (Fsp3) is 0.167. The monoisotopic (exact) mass is 429 g/mol. The van der Waals surface area contributed by atoms with Gasteiger partial charge in [0.15, 0.2) is 5.82 Å². The molecule has 0 unspecified atom stereocenters. The van der Waals surface area contributed by atoms with Gasteiger partial charge < -0.3 is 14.8 Å². The largest absolute Gasteiger partial charge is 0.494 e. The topological polar surface area (TPSA) is 91.2 Å². The van der Waals surface area contributed by atoms with Gasteiger partial charge in [-0.2, -0.15) is 0 Å². The predicted molar refractivity (Wildman–Crippen MR) is 120 cm³/mol. The van der Waals surface area contributed by atoms with Crippen LogP contribution >= 0.6 is 0 Å². The van der Waals surface area contributed by atoms with E-state index in [0.717, 1.165) is 18.6 Å². The smallest absolute Gasteiger partial charge is 0.255 e. The van der Waals surface area contributed by atoms with Gasteiger partial charge in [0.1, 0.15) is 17.8 Å². The molecule has 2 heterocycles. The number of amides is 1. The van der Waals surface area contributed by atoms with Crippen LogP contribution in [0.2, 0.25) is 0 Å². The summed E-state index contributed by atoms with van der Waals surface area (Å²) in [6.45, 7) is 2.79. The lowest BCUT2D eigenvalue weighted by Crippen LogP contribution is -2.11. The molecule has 0 radical (unpaired) electrons. The van der Waals surface area contributed by atoms with E-state index in [1.54, 1.807) is 84.0 Å². The lowest BCUT2D eigenvalue weighted by atomic mass is 10.2. The van der Waals surface area contributed by atoms with Crippen molar-refractivity contribution < 1.29 is 14.3 Å². The molecular formula is C24H23N5O3. The Bertz CT molecular complexity index is 1130. The molecule has 0 aliphatic carbocycles. The average Bonchev–Trinajstić information content (AvgIpc) is 3.36. The van der Waals surface area contributed by atoms with Crippen LogP contribution in [0.3, 0.4) is 0 Å². The van der Waals surface area contributed by atoms with E-state index in [2.05, 4.69) is 27.4 Å². The Morgan fingerprint density at radius 3 is 2.41 bits per heavy atom. The molecule has 0 fully saturated rings. The number of benzene rings is 2. The number of hydrogen-bond donors (Lipinski definition) is 1. The van der Waals surface area contributed by atoms with Crippen molar-refractivity contribution in [1.82, 2.24) is 19.7 Å². The van der Waals surface area contributed by atoms with Gasteiger partial charge in [0, 0.05) is 29.7 Å². The second kappa shape index (κ2) is 10.2. The average molecular weight is 429 g/mol. The molecule has 2 aromatic heterocycles. The molecule has 2 aromatic carbocycles. The maximum Gasteiger partial charge on any atom is 0.255 e. The van der Waals surface area contributed by atoms with Gasteiger partial charge in [-0.25, -0.2) is 4.98 Å². The van der Waals surface area contributed by atoms with Crippen LogP contribution in [0.25, 0.3) is 5.82 Å². The van der Waals surface area contributed by atoms with Crippen LogP contribution in [0.5, 0.6) is 17.4 Å². The minimum absolute atomic E-state index is 0.195. The van der Waals surface area contributed by atoms with Crippen molar-refractivity contribution in [3.63, 3.8) is 0 Å². The van der Waals surface area contributed by atoms with Crippen LogP contribution in [0.15, 0.2) is 79.4 Å². The summed E-state index contributed by atoms with van der Waals surface area (Å²) in [5.74, 6) is 2.17. The Kier molecular flexibility index (Phi) is 6.72. The van der Waals surface area contributed by atoms with Crippen LogP contribution in [0.4, 0.5) is 5.69 Å². The fourth-order valence-electron chi connectivity index (χ4n) is 2.87. The van der Waals surface area contributed by atoms with Gasteiger partial charge in [0.05, 0.1) is 6.61 Å². The molecule has 4 rings (SSSR count). The number of nitrogens with one attached hydrogen (secondary N) is 1. The number of carbonyl (C=O) groups is 1. The molecule has 8 nitrogen and oxygen atoms in total. The van der Waals surface area contributed by atoms with Crippen molar-refractivity contribution in [3.8, 4) is 23.2 Å². The fourth-order valence-corrected chi connectivity index (χ4v) is 2.87. The molecule has 0 bridgehead atoms. The number of anilines is 1. The van der Waals surface area contributed by atoms with E-state index in [4.69, 9.17) is 9.47 Å². The number of ether oxygens (including phenoxy) is 2. The Morgan fingerprint density at radius 1 is 0.969 bits per heavy atom. The van der Waals surface area contributed by atoms with E-state index in [9.17, 15) is 4.79 Å². The summed E-state index contributed by atoms with van der Waals surface area (Å²) in [5.41, 5.74) is 1.22. The van der Waals surface area contributed by atoms with Gasteiger partial charge in [0.2, 0.25) is 5.88 Å². The zero-order valence-electron chi connectivity index (χ0n) is 17.6. The third-order valence-corrected chi connectivity index (χ3v) is 4.61. The molecule has 1 amide bonds. The molecule has 162 valence electrons. The first-order valence-electron chi connectivity index (χ1n) is 10.4. The van der Waals surface area contributed by atoms with Gasteiger partial charge in [-0.05, 0) is 61.0 Å². The summed E-state index contributed by atoms with van der Waals surface area (Å²) in [6, 6.07) is 17.7. The molecule has 32 heavy (non-hydrogen) atoms. The van der Waals surface area contributed by atoms with Gasteiger partial charge in [0.25, 0.3) is 5.91 Å². The standard InChI is InChI=1S/C24H23N5O3/c1-2-3-16-31-20-8-4-18(5-9-20)24(30)26-19-6-10-21(11-7-19)32-23-13-12-22(27-28-23)29-15-14-25-17-29/h4-15,17H,2-3,16H2,1H3,(H,26,30). The Balaban J connectivity index is 1.32. The van der Waals surface area contributed by atoms with Gasteiger partial charge in [-0.3, -0.25) is 9.36 Å². The number of carbonyl (C=O) groups excluding carboxylic acids is 1. The quantitative estimate of drug-likeness (QED) is 0.381. The van der Waals surface area contributed by atoms with Crippen LogP contribution in [-0.4, -0.2) is 32.3 Å². The van der Waals surface area contributed by atoms with E-state index in [-0.39, 0.29) is 5.91 Å². The highest BCUT2D eigenvalue weighted by molar-refractivity contribution is 6.04. The lowest BCUT2D eigenvalue weighted by Gasteiger charge is -2.09. The predicted octanol–water partition coefficient (Wildman–Crippen LogP) is 4.89. The van der Waals surface area contributed by atoms with Crippen molar-refractivity contribution in [2.24, 2.45) is 0 Å². The summed E-state index contributed by atoms with van der Waals surface area (Å²) in [7, 11) is 0. The third kappa shape index (κ3) is 5.48. The summed E-state index contributed by atoms with van der Waals surface area (Å²) in [6.07, 6.45) is 7.19. The van der Waals surface area contributed by atoms with E-state index in [1.807, 2.05) is 0 Å². The second-order valence-corrected chi connectivity index (χ2v) is 7.01. The Labute approximate surface area is 185 Å². The van der Waals surface area contributed by atoms with Crippen molar-refractivity contribution in [2.75, 3.05) is 11.9 Å². The maximum atomic E-state index is 12.5. The maximum absolute atomic E-state index is 12.5. The highest BCUT2D eigenvalue weighted by Gasteiger charge is 2.07. The van der Waals surface area contributed by atoms with Gasteiger partial charge >= 0.3 is 0 Å². The molecule has 0 atom stereocenters. The van der Waals surface area contributed by atoms with Crippen LogP contribution in [0.1, 0.15) is 30.1 Å². The number of unbranched alkanes of at least 4 members (excludes halogenated alkanes) is 1. The highest BCUT2D eigenvalue weighted by atomic mass is 16.5. The SMILES string of the molecule is CCCCOc1ccc(C(=O)Nc2ccc(Oc3ccc(-n4ccnc4)nn3)cc2)cc1. The van der Waals surface area contributed by atoms with E-state index in [0.29, 0.717) is 35.3 Å². The third-order valence-electron chi connectivity index (χ3n) is 4.61. The molecule has 0 spiro atoms. The number of imidazole rings is 1. The van der Waals surface area contributed by atoms with E-state index >= 15 is 0 Å². The van der Waals surface area contributed by atoms with Crippen molar-refractivity contribution in [3.05, 3.63) is 84.9 Å². The summed E-state index contributed by atoms with van der Waals surface area (Å²) in [5, 5.41) is 11.1. The molecule has 0 saturated carbocycles. The molecule has 1 N–H and O–H groups in total. The summed E-state index contributed by atoms with van der Waals surface area (Å²) >= 11 is 0. The number of rotatable bonds is 9. The van der Waals surface area contributed by atoms with Crippen LogP contribution in [-0.2, 0) is 0 Å². The van der Waals surface area contributed by atoms with Crippen molar-refractivity contribution >= 4 is 11.6 Å². The molecule has 0 saturated heterocycles. The highest BCUT2D eigenvalue weighted by Crippen LogP contribution is 2.22. The first kappa shape index (κ1) is 21.0. The van der Waals surface area contributed by atoms with E-state index < -0.39 is 0 Å². The number of aromatic nitrogens is 4. The first-order chi connectivity index (χ1) is 15.7. The molecule has 4 aromatic rings.